The number of nitrogens with two attached hydrogens (primary N) is 1. The molecular weight excluding hydrogens is 254 g/mol. The molecule has 0 amide bonds. The predicted octanol–water partition coefficient (Wildman–Crippen LogP) is 3.22. The molecule has 0 atom stereocenters. The molecule has 0 radical (unpaired) electrons. The SMILES string of the molecule is CCC(CC)N(C)c1ccc(C(N)=S)c(F)c1F. The van der Waals surface area contributed by atoms with Crippen LogP contribution in [0.15, 0.2) is 12.1 Å². The lowest BCUT2D eigenvalue weighted by molar-refractivity contribution is 0.497. The Hall–Kier alpha value is -1.23. The fraction of sp³-hybridized carbons (Fsp3) is 0.462. The number of benzene rings is 1. The minimum absolute atomic E-state index is 0.0517. The monoisotopic (exact) mass is 272 g/mol. The molecule has 0 fully saturated rings. The van der Waals surface area contributed by atoms with Gasteiger partial charge in [-0.05, 0) is 25.0 Å². The van der Waals surface area contributed by atoms with Gasteiger partial charge in [0.15, 0.2) is 11.6 Å². The van der Waals surface area contributed by atoms with Crippen LogP contribution in [0, 0.1) is 11.6 Å². The first-order chi connectivity index (χ1) is 8.43. The normalized spacial score (nSPS) is 10.8. The quantitative estimate of drug-likeness (QED) is 0.834. The number of rotatable bonds is 5. The highest BCUT2D eigenvalue weighted by atomic mass is 32.1. The summed E-state index contributed by atoms with van der Waals surface area (Å²) in [6.45, 7) is 4.03. The summed E-state index contributed by atoms with van der Waals surface area (Å²) in [6.07, 6.45) is 1.73. The molecule has 0 saturated carbocycles. The highest BCUT2D eigenvalue weighted by Gasteiger charge is 2.20. The number of nitrogens with zero attached hydrogens (tertiary/aromatic N) is 1. The molecule has 0 bridgehead atoms. The van der Waals surface area contributed by atoms with Crippen LogP contribution in [0.1, 0.15) is 32.3 Å². The van der Waals surface area contributed by atoms with E-state index < -0.39 is 11.6 Å². The zero-order chi connectivity index (χ0) is 13.9. The van der Waals surface area contributed by atoms with Crippen molar-refractivity contribution in [2.45, 2.75) is 32.7 Å². The van der Waals surface area contributed by atoms with E-state index in [2.05, 4.69) is 12.2 Å². The van der Waals surface area contributed by atoms with Crippen molar-refractivity contribution in [3.63, 3.8) is 0 Å². The maximum absolute atomic E-state index is 14.0. The molecule has 0 aliphatic heterocycles. The zero-order valence-corrected chi connectivity index (χ0v) is 11.7. The van der Waals surface area contributed by atoms with Crippen LogP contribution in [0.3, 0.4) is 0 Å². The van der Waals surface area contributed by atoms with Gasteiger partial charge in [0.1, 0.15) is 4.99 Å². The fourth-order valence-electron chi connectivity index (χ4n) is 2.04. The van der Waals surface area contributed by atoms with Crippen LogP contribution in [-0.4, -0.2) is 18.1 Å². The van der Waals surface area contributed by atoms with E-state index in [1.165, 1.54) is 12.1 Å². The van der Waals surface area contributed by atoms with E-state index in [1.807, 2.05) is 13.8 Å². The molecule has 0 aliphatic rings. The van der Waals surface area contributed by atoms with E-state index in [0.717, 1.165) is 12.8 Å². The predicted molar refractivity (Wildman–Crippen MR) is 75.0 cm³/mol. The van der Waals surface area contributed by atoms with Crippen LogP contribution >= 0.6 is 12.2 Å². The molecule has 1 rings (SSSR count). The van der Waals surface area contributed by atoms with Gasteiger partial charge in [0.2, 0.25) is 0 Å². The molecule has 0 aromatic heterocycles. The first kappa shape index (κ1) is 14.8. The number of thiocarbonyl (C=S) groups is 1. The first-order valence-electron chi connectivity index (χ1n) is 5.94. The van der Waals surface area contributed by atoms with Crippen molar-refractivity contribution in [3.8, 4) is 0 Å². The van der Waals surface area contributed by atoms with Gasteiger partial charge in [0.25, 0.3) is 0 Å². The van der Waals surface area contributed by atoms with Crippen molar-refractivity contribution in [1.82, 2.24) is 0 Å². The Morgan fingerprint density at radius 2 is 1.83 bits per heavy atom. The third-order valence-electron chi connectivity index (χ3n) is 3.20. The minimum Gasteiger partial charge on any atom is -0.389 e. The average Bonchev–Trinajstić information content (AvgIpc) is 2.33. The number of halogens is 2. The number of hydrogen-bond donors (Lipinski definition) is 1. The van der Waals surface area contributed by atoms with Crippen molar-refractivity contribution in [1.29, 1.82) is 0 Å². The molecule has 0 saturated heterocycles. The van der Waals surface area contributed by atoms with Gasteiger partial charge in [-0.15, -0.1) is 0 Å². The minimum atomic E-state index is -0.974. The molecule has 0 unspecified atom stereocenters. The smallest absolute Gasteiger partial charge is 0.182 e. The summed E-state index contributed by atoms with van der Waals surface area (Å²) in [7, 11) is 1.76. The Morgan fingerprint density at radius 3 is 2.28 bits per heavy atom. The van der Waals surface area contributed by atoms with Crippen LogP contribution in [0.2, 0.25) is 0 Å². The van der Waals surface area contributed by atoms with E-state index >= 15 is 0 Å². The molecular formula is C13H18F2N2S. The maximum Gasteiger partial charge on any atom is 0.182 e. The van der Waals surface area contributed by atoms with E-state index in [9.17, 15) is 8.78 Å². The molecule has 0 heterocycles. The van der Waals surface area contributed by atoms with E-state index in [-0.39, 0.29) is 22.3 Å². The second kappa shape index (κ2) is 6.09. The standard InChI is InChI=1S/C13H18F2N2S/c1-4-8(5-2)17(3)10-7-6-9(13(16)18)11(14)12(10)15/h6-8H,4-5H2,1-3H3,(H2,16,18). The van der Waals surface area contributed by atoms with Crippen molar-refractivity contribution in [2.24, 2.45) is 5.73 Å². The molecule has 2 N–H and O–H groups in total. The van der Waals surface area contributed by atoms with Crippen molar-refractivity contribution < 1.29 is 8.78 Å². The highest BCUT2D eigenvalue weighted by molar-refractivity contribution is 7.80. The largest absolute Gasteiger partial charge is 0.389 e. The number of hydrogen-bond acceptors (Lipinski definition) is 2. The van der Waals surface area contributed by atoms with Crippen molar-refractivity contribution in [2.75, 3.05) is 11.9 Å². The topological polar surface area (TPSA) is 29.3 Å². The molecule has 1 aromatic rings. The van der Waals surface area contributed by atoms with Crippen LogP contribution < -0.4 is 10.6 Å². The maximum atomic E-state index is 14.0. The molecule has 5 heteroatoms. The second-order valence-electron chi connectivity index (χ2n) is 4.21. The zero-order valence-electron chi connectivity index (χ0n) is 10.8. The second-order valence-corrected chi connectivity index (χ2v) is 4.65. The number of anilines is 1. The van der Waals surface area contributed by atoms with E-state index in [1.54, 1.807) is 11.9 Å². The van der Waals surface area contributed by atoms with Gasteiger partial charge in [-0.1, -0.05) is 26.1 Å². The molecule has 18 heavy (non-hydrogen) atoms. The Kier molecular flexibility index (Phi) is 5.02. The summed E-state index contributed by atoms with van der Waals surface area (Å²) < 4.78 is 27.7. The lowest BCUT2D eigenvalue weighted by Crippen LogP contribution is -2.31. The molecule has 0 spiro atoms. The van der Waals surface area contributed by atoms with Gasteiger partial charge in [-0.25, -0.2) is 8.78 Å². The molecule has 100 valence electrons. The third kappa shape index (κ3) is 2.77. The van der Waals surface area contributed by atoms with Crippen LogP contribution in [-0.2, 0) is 0 Å². The van der Waals surface area contributed by atoms with Crippen LogP contribution in [0.5, 0.6) is 0 Å². The lowest BCUT2D eigenvalue weighted by Gasteiger charge is -2.29. The van der Waals surface area contributed by atoms with Gasteiger partial charge in [-0.3, -0.25) is 0 Å². The van der Waals surface area contributed by atoms with Gasteiger partial charge in [0, 0.05) is 18.7 Å². The lowest BCUT2D eigenvalue weighted by atomic mass is 10.1. The van der Waals surface area contributed by atoms with Crippen LogP contribution in [0.4, 0.5) is 14.5 Å². The summed E-state index contributed by atoms with van der Waals surface area (Å²) in [5.41, 5.74) is 5.52. The van der Waals surface area contributed by atoms with Gasteiger partial charge < -0.3 is 10.6 Å². The highest BCUT2D eigenvalue weighted by Crippen LogP contribution is 2.26. The van der Waals surface area contributed by atoms with Crippen molar-refractivity contribution in [3.05, 3.63) is 29.3 Å². The summed E-state index contributed by atoms with van der Waals surface area (Å²) in [6, 6.07) is 3.12. The Bertz CT molecular complexity index is 445. The summed E-state index contributed by atoms with van der Waals surface area (Å²) in [5, 5.41) is 0. The first-order valence-corrected chi connectivity index (χ1v) is 6.35. The third-order valence-corrected chi connectivity index (χ3v) is 3.42. The Morgan fingerprint density at radius 1 is 1.28 bits per heavy atom. The summed E-state index contributed by atoms with van der Waals surface area (Å²) in [4.78, 5) is 1.62. The Balaban J connectivity index is 3.20. The fourth-order valence-corrected chi connectivity index (χ4v) is 2.19. The van der Waals surface area contributed by atoms with Crippen LogP contribution in [0.25, 0.3) is 0 Å². The molecule has 2 nitrogen and oxygen atoms in total. The van der Waals surface area contributed by atoms with Gasteiger partial charge in [-0.2, -0.15) is 0 Å². The van der Waals surface area contributed by atoms with Gasteiger partial charge >= 0.3 is 0 Å². The summed E-state index contributed by atoms with van der Waals surface area (Å²) >= 11 is 4.67. The summed E-state index contributed by atoms with van der Waals surface area (Å²) in [5.74, 6) is -1.87. The van der Waals surface area contributed by atoms with Gasteiger partial charge in [0.05, 0.1) is 5.69 Å². The Labute approximate surface area is 112 Å². The van der Waals surface area contributed by atoms with E-state index in [4.69, 9.17) is 5.73 Å². The average molecular weight is 272 g/mol. The van der Waals surface area contributed by atoms with Crippen molar-refractivity contribution >= 4 is 22.9 Å². The molecule has 0 aliphatic carbocycles. The van der Waals surface area contributed by atoms with E-state index in [0.29, 0.717) is 0 Å². The molecule has 1 aromatic carbocycles.